The van der Waals surface area contributed by atoms with Crippen molar-refractivity contribution in [3.8, 4) is 5.75 Å². The Balaban J connectivity index is 1.26. The van der Waals surface area contributed by atoms with Gasteiger partial charge >= 0.3 is 0 Å². The Kier molecular flexibility index (Phi) is 6.65. The zero-order valence-corrected chi connectivity index (χ0v) is 17.6. The lowest BCUT2D eigenvalue weighted by atomic mass is 9.88. The molecule has 1 heterocycles. The minimum absolute atomic E-state index is 0.0944. The van der Waals surface area contributed by atoms with Gasteiger partial charge in [0, 0.05) is 38.3 Å². The van der Waals surface area contributed by atoms with E-state index in [1.807, 2.05) is 0 Å². The van der Waals surface area contributed by atoms with Gasteiger partial charge in [-0.3, -0.25) is 14.6 Å². The SMILES string of the molecule is COc1ccc(F)cc1CN1CCN(CC(=O)NC2CCCc3ccccc32)CC1. The molecule has 0 radical (unpaired) electrons. The second-order valence-electron chi connectivity index (χ2n) is 8.22. The molecule has 1 aliphatic heterocycles. The first kappa shape index (κ1) is 20.8. The Labute approximate surface area is 177 Å². The van der Waals surface area contributed by atoms with E-state index >= 15 is 0 Å². The molecule has 5 nitrogen and oxygen atoms in total. The summed E-state index contributed by atoms with van der Waals surface area (Å²) in [4.78, 5) is 17.1. The van der Waals surface area contributed by atoms with E-state index in [1.54, 1.807) is 19.2 Å². The number of rotatable bonds is 6. The Morgan fingerprint density at radius 1 is 1.13 bits per heavy atom. The molecule has 2 aromatic rings. The number of ether oxygens (including phenoxy) is 1. The number of hydrogen-bond donors (Lipinski definition) is 1. The number of carbonyl (C=O) groups is 1. The van der Waals surface area contributed by atoms with Gasteiger partial charge in [-0.05, 0) is 48.6 Å². The third kappa shape index (κ3) is 4.99. The molecule has 1 atom stereocenters. The smallest absolute Gasteiger partial charge is 0.234 e. The second kappa shape index (κ2) is 9.58. The van der Waals surface area contributed by atoms with E-state index in [0.717, 1.165) is 51.0 Å². The van der Waals surface area contributed by atoms with Crippen LogP contribution < -0.4 is 10.1 Å². The van der Waals surface area contributed by atoms with Crippen molar-refractivity contribution in [2.45, 2.75) is 31.8 Å². The molecule has 1 amide bonds. The van der Waals surface area contributed by atoms with Crippen LogP contribution in [0.4, 0.5) is 4.39 Å². The maximum absolute atomic E-state index is 13.6. The zero-order valence-electron chi connectivity index (χ0n) is 17.6. The molecule has 0 spiro atoms. The molecule has 30 heavy (non-hydrogen) atoms. The highest BCUT2D eigenvalue weighted by Crippen LogP contribution is 2.29. The Hall–Kier alpha value is -2.44. The van der Waals surface area contributed by atoms with E-state index in [2.05, 4.69) is 39.4 Å². The molecule has 1 saturated heterocycles. The second-order valence-corrected chi connectivity index (χ2v) is 8.22. The Morgan fingerprint density at radius 3 is 2.70 bits per heavy atom. The topological polar surface area (TPSA) is 44.8 Å². The summed E-state index contributed by atoms with van der Waals surface area (Å²) in [6.45, 7) is 4.42. The highest BCUT2D eigenvalue weighted by molar-refractivity contribution is 5.78. The number of halogens is 1. The third-order valence-corrected chi connectivity index (χ3v) is 6.17. The maximum atomic E-state index is 13.6. The van der Waals surface area contributed by atoms with Crippen LogP contribution in [0.15, 0.2) is 42.5 Å². The van der Waals surface area contributed by atoms with Crippen LogP contribution >= 0.6 is 0 Å². The molecule has 160 valence electrons. The molecule has 0 bridgehead atoms. The first-order valence-electron chi connectivity index (χ1n) is 10.8. The van der Waals surface area contributed by atoms with Crippen LogP contribution in [0.3, 0.4) is 0 Å². The minimum atomic E-state index is -0.245. The first-order chi connectivity index (χ1) is 14.6. The van der Waals surface area contributed by atoms with Crippen LogP contribution in [0.1, 0.15) is 35.6 Å². The number of carbonyl (C=O) groups excluding carboxylic acids is 1. The van der Waals surface area contributed by atoms with Gasteiger partial charge in [0.25, 0.3) is 0 Å². The van der Waals surface area contributed by atoms with Gasteiger partial charge in [0.2, 0.25) is 5.91 Å². The largest absolute Gasteiger partial charge is 0.496 e. The summed E-state index contributed by atoms with van der Waals surface area (Å²) in [5.74, 6) is 0.563. The van der Waals surface area contributed by atoms with Gasteiger partial charge in [-0.1, -0.05) is 24.3 Å². The fourth-order valence-corrected chi connectivity index (χ4v) is 4.56. The van der Waals surface area contributed by atoms with E-state index in [0.29, 0.717) is 18.8 Å². The first-order valence-corrected chi connectivity index (χ1v) is 10.8. The average molecular weight is 412 g/mol. The van der Waals surface area contributed by atoms with Crippen LogP contribution in [0, 0.1) is 5.82 Å². The van der Waals surface area contributed by atoms with Crippen molar-refractivity contribution in [3.05, 3.63) is 65.0 Å². The van der Waals surface area contributed by atoms with Crippen molar-refractivity contribution in [1.29, 1.82) is 0 Å². The van der Waals surface area contributed by atoms with Crippen LogP contribution in [0.25, 0.3) is 0 Å². The van der Waals surface area contributed by atoms with E-state index < -0.39 is 0 Å². The summed E-state index contributed by atoms with van der Waals surface area (Å²) in [6.07, 6.45) is 3.22. The fourth-order valence-electron chi connectivity index (χ4n) is 4.56. The van der Waals surface area contributed by atoms with Crippen molar-refractivity contribution in [2.75, 3.05) is 39.8 Å². The molecule has 1 fully saturated rings. The molecule has 4 rings (SSSR count). The van der Waals surface area contributed by atoms with Crippen molar-refractivity contribution < 1.29 is 13.9 Å². The van der Waals surface area contributed by atoms with Crippen LogP contribution in [-0.2, 0) is 17.8 Å². The van der Waals surface area contributed by atoms with Gasteiger partial charge in [0.05, 0.1) is 19.7 Å². The Morgan fingerprint density at radius 2 is 1.90 bits per heavy atom. The van der Waals surface area contributed by atoms with Crippen LogP contribution in [0.2, 0.25) is 0 Å². The van der Waals surface area contributed by atoms with Crippen molar-refractivity contribution >= 4 is 5.91 Å². The molecule has 1 aliphatic carbocycles. The lowest BCUT2D eigenvalue weighted by Crippen LogP contribution is -2.49. The van der Waals surface area contributed by atoms with Gasteiger partial charge < -0.3 is 10.1 Å². The lowest BCUT2D eigenvalue weighted by Gasteiger charge is -2.35. The van der Waals surface area contributed by atoms with E-state index in [-0.39, 0.29) is 17.8 Å². The van der Waals surface area contributed by atoms with Crippen molar-refractivity contribution in [3.63, 3.8) is 0 Å². The van der Waals surface area contributed by atoms with Crippen molar-refractivity contribution in [1.82, 2.24) is 15.1 Å². The van der Waals surface area contributed by atoms with Gasteiger partial charge in [0.15, 0.2) is 0 Å². The summed E-state index contributed by atoms with van der Waals surface area (Å²) in [5, 5.41) is 3.24. The number of nitrogens with zero attached hydrogens (tertiary/aromatic N) is 2. The number of aryl methyl sites for hydroxylation is 1. The molecule has 0 aromatic heterocycles. The Bertz CT molecular complexity index is 881. The number of nitrogens with one attached hydrogen (secondary N) is 1. The number of hydrogen-bond acceptors (Lipinski definition) is 4. The predicted octanol–water partition coefficient (Wildman–Crippen LogP) is 3.15. The molecule has 0 saturated carbocycles. The normalized spacial score (nSPS) is 19.9. The van der Waals surface area contributed by atoms with Crippen LogP contribution in [0.5, 0.6) is 5.75 Å². The van der Waals surface area contributed by atoms with Gasteiger partial charge in [0.1, 0.15) is 11.6 Å². The van der Waals surface area contributed by atoms with Crippen molar-refractivity contribution in [2.24, 2.45) is 0 Å². The number of piperazine rings is 1. The van der Waals surface area contributed by atoms with Crippen LogP contribution in [-0.4, -0.2) is 55.5 Å². The fraction of sp³-hybridized carbons (Fsp3) is 0.458. The summed E-state index contributed by atoms with van der Waals surface area (Å²) in [6, 6.07) is 13.2. The van der Waals surface area contributed by atoms with Gasteiger partial charge in [-0.25, -0.2) is 4.39 Å². The quantitative estimate of drug-likeness (QED) is 0.793. The minimum Gasteiger partial charge on any atom is -0.496 e. The maximum Gasteiger partial charge on any atom is 0.234 e. The van der Waals surface area contributed by atoms with E-state index in [9.17, 15) is 9.18 Å². The summed E-state index contributed by atoms with van der Waals surface area (Å²) in [7, 11) is 1.61. The zero-order chi connectivity index (χ0) is 20.9. The van der Waals surface area contributed by atoms with E-state index in [4.69, 9.17) is 4.74 Å². The standard InChI is InChI=1S/C24H30FN3O2/c1-30-23-10-9-20(25)15-19(23)16-27-11-13-28(14-12-27)17-24(29)26-22-8-4-6-18-5-2-3-7-21(18)22/h2-3,5,7,9-10,15,22H,4,6,8,11-14,16-17H2,1H3,(H,26,29). The number of methoxy groups -OCH3 is 1. The van der Waals surface area contributed by atoms with Gasteiger partial charge in [-0.15, -0.1) is 0 Å². The third-order valence-electron chi connectivity index (χ3n) is 6.17. The molecule has 2 aliphatic rings. The summed E-state index contributed by atoms with van der Waals surface area (Å²) >= 11 is 0. The lowest BCUT2D eigenvalue weighted by molar-refractivity contribution is -0.123. The predicted molar refractivity (Wildman–Crippen MR) is 115 cm³/mol. The summed E-state index contributed by atoms with van der Waals surface area (Å²) in [5.41, 5.74) is 3.49. The molecular weight excluding hydrogens is 381 g/mol. The highest BCUT2D eigenvalue weighted by atomic mass is 19.1. The number of amides is 1. The molecular formula is C24H30FN3O2. The molecule has 2 aromatic carbocycles. The molecule has 1 N–H and O–H groups in total. The highest BCUT2D eigenvalue weighted by Gasteiger charge is 2.24. The number of fused-ring (bicyclic) bond motifs is 1. The average Bonchev–Trinajstić information content (AvgIpc) is 2.75. The molecule has 6 heteroatoms. The monoisotopic (exact) mass is 411 g/mol. The van der Waals surface area contributed by atoms with E-state index in [1.165, 1.54) is 17.2 Å². The van der Waals surface area contributed by atoms with Gasteiger partial charge in [-0.2, -0.15) is 0 Å². The molecule has 1 unspecified atom stereocenters. The number of benzene rings is 2. The summed E-state index contributed by atoms with van der Waals surface area (Å²) < 4.78 is 19.0.